The van der Waals surface area contributed by atoms with E-state index in [4.69, 9.17) is 0 Å². The summed E-state index contributed by atoms with van der Waals surface area (Å²) in [6.07, 6.45) is 5.73. The van der Waals surface area contributed by atoms with Crippen molar-refractivity contribution in [3.63, 3.8) is 0 Å². The van der Waals surface area contributed by atoms with Gasteiger partial charge in [-0.3, -0.25) is 4.79 Å². The van der Waals surface area contributed by atoms with Crippen LogP contribution in [0, 0.1) is 0 Å². The Morgan fingerprint density at radius 1 is 1.29 bits per heavy atom. The first-order chi connectivity index (χ1) is 8.29. The molecule has 1 aromatic heterocycles. The maximum absolute atomic E-state index is 11.8. The smallest absolute Gasteiger partial charge is 0.251 e. The third-order valence-electron chi connectivity index (χ3n) is 2.47. The van der Waals surface area contributed by atoms with Gasteiger partial charge in [0.25, 0.3) is 5.91 Å². The second kappa shape index (κ2) is 5.59. The highest BCUT2D eigenvalue weighted by atomic mass is 32.2. The van der Waals surface area contributed by atoms with Crippen LogP contribution >= 0.6 is 11.8 Å². The van der Waals surface area contributed by atoms with Crippen molar-refractivity contribution in [3.05, 3.63) is 53.9 Å². The Balaban J connectivity index is 1.95. The number of carbonyl (C=O) groups excluding carboxylic acids is 1. The fraction of sp³-hybridized carbons (Fsp3) is 0.154. The van der Waals surface area contributed by atoms with E-state index in [9.17, 15) is 4.79 Å². The lowest BCUT2D eigenvalue weighted by atomic mass is 10.2. The molecule has 2 N–H and O–H groups in total. The molecule has 0 fully saturated rings. The first kappa shape index (κ1) is 11.8. The molecule has 0 spiro atoms. The summed E-state index contributed by atoms with van der Waals surface area (Å²) in [5, 5.41) is 2.87. The molecule has 17 heavy (non-hydrogen) atoms. The summed E-state index contributed by atoms with van der Waals surface area (Å²) in [7, 11) is 0. The zero-order valence-corrected chi connectivity index (χ0v) is 10.4. The molecule has 0 aliphatic rings. The van der Waals surface area contributed by atoms with E-state index in [2.05, 4.69) is 10.3 Å². The normalized spacial score (nSPS) is 10.2. The molecular formula is C13H14N2OS. The van der Waals surface area contributed by atoms with Crippen molar-refractivity contribution in [2.75, 3.05) is 6.26 Å². The molecule has 0 atom stereocenters. The fourth-order valence-electron chi connectivity index (χ4n) is 1.50. The van der Waals surface area contributed by atoms with Gasteiger partial charge in [0.15, 0.2) is 0 Å². The van der Waals surface area contributed by atoms with Crippen molar-refractivity contribution < 1.29 is 4.79 Å². The van der Waals surface area contributed by atoms with Crippen LogP contribution in [-0.2, 0) is 6.54 Å². The van der Waals surface area contributed by atoms with Gasteiger partial charge < -0.3 is 10.3 Å². The van der Waals surface area contributed by atoms with E-state index in [1.807, 2.05) is 49.0 Å². The average molecular weight is 246 g/mol. The van der Waals surface area contributed by atoms with Gasteiger partial charge >= 0.3 is 0 Å². The molecule has 0 aliphatic heterocycles. The number of aromatic nitrogens is 1. The Kier molecular flexibility index (Phi) is 3.88. The summed E-state index contributed by atoms with van der Waals surface area (Å²) in [5.41, 5.74) is 1.76. The van der Waals surface area contributed by atoms with Crippen LogP contribution in [0.2, 0.25) is 0 Å². The minimum atomic E-state index is -0.0427. The second-order valence-electron chi connectivity index (χ2n) is 3.63. The monoisotopic (exact) mass is 246 g/mol. The molecule has 0 aliphatic carbocycles. The zero-order chi connectivity index (χ0) is 12.1. The van der Waals surface area contributed by atoms with Crippen LogP contribution in [0.15, 0.2) is 47.6 Å². The molecule has 1 amide bonds. The van der Waals surface area contributed by atoms with E-state index in [0.29, 0.717) is 12.1 Å². The SMILES string of the molecule is CSc1ccc(C(=O)NCc2cc[nH]c2)cc1. The molecule has 4 heteroatoms. The molecule has 0 saturated heterocycles. The van der Waals surface area contributed by atoms with Gasteiger partial charge in [-0.15, -0.1) is 11.8 Å². The van der Waals surface area contributed by atoms with Crippen molar-refractivity contribution in [1.29, 1.82) is 0 Å². The number of aromatic amines is 1. The minimum absolute atomic E-state index is 0.0427. The maximum atomic E-state index is 11.8. The van der Waals surface area contributed by atoms with Crippen LogP contribution in [-0.4, -0.2) is 17.1 Å². The molecule has 2 aromatic rings. The predicted octanol–water partition coefficient (Wildman–Crippen LogP) is 2.67. The zero-order valence-electron chi connectivity index (χ0n) is 9.57. The summed E-state index contributed by atoms with van der Waals surface area (Å²) in [5.74, 6) is -0.0427. The summed E-state index contributed by atoms with van der Waals surface area (Å²) >= 11 is 1.66. The van der Waals surface area contributed by atoms with Crippen LogP contribution < -0.4 is 5.32 Å². The maximum Gasteiger partial charge on any atom is 0.251 e. The number of carbonyl (C=O) groups is 1. The van der Waals surface area contributed by atoms with E-state index in [1.165, 1.54) is 0 Å². The molecule has 1 heterocycles. The highest BCUT2D eigenvalue weighted by Crippen LogP contribution is 2.14. The third-order valence-corrected chi connectivity index (χ3v) is 3.21. The number of rotatable bonds is 4. The van der Waals surface area contributed by atoms with Crippen LogP contribution in [0.3, 0.4) is 0 Å². The van der Waals surface area contributed by atoms with Crippen LogP contribution in [0.25, 0.3) is 0 Å². The van der Waals surface area contributed by atoms with E-state index < -0.39 is 0 Å². The molecule has 0 radical (unpaired) electrons. The van der Waals surface area contributed by atoms with Crippen LogP contribution in [0.4, 0.5) is 0 Å². The van der Waals surface area contributed by atoms with E-state index in [1.54, 1.807) is 11.8 Å². The molecule has 3 nitrogen and oxygen atoms in total. The van der Waals surface area contributed by atoms with E-state index in [0.717, 1.165) is 10.5 Å². The van der Waals surface area contributed by atoms with E-state index >= 15 is 0 Å². The van der Waals surface area contributed by atoms with Gasteiger partial charge in [0.2, 0.25) is 0 Å². The van der Waals surface area contributed by atoms with Crippen LogP contribution in [0.5, 0.6) is 0 Å². The largest absolute Gasteiger partial charge is 0.367 e. The molecule has 0 bridgehead atoms. The highest BCUT2D eigenvalue weighted by Gasteiger charge is 2.04. The summed E-state index contributed by atoms with van der Waals surface area (Å²) in [6, 6.07) is 9.54. The lowest BCUT2D eigenvalue weighted by Gasteiger charge is -2.04. The quantitative estimate of drug-likeness (QED) is 0.815. The topological polar surface area (TPSA) is 44.9 Å². The van der Waals surface area contributed by atoms with Gasteiger partial charge in [0.1, 0.15) is 0 Å². The van der Waals surface area contributed by atoms with E-state index in [-0.39, 0.29) is 5.91 Å². The number of nitrogens with one attached hydrogen (secondary N) is 2. The lowest BCUT2D eigenvalue weighted by molar-refractivity contribution is 0.0951. The predicted molar refractivity (Wildman–Crippen MR) is 70.2 cm³/mol. The van der Waals surface area contributed by atoms with Crippen molar-refractivity contribution >= 4 is 17.7 Å². The van der Waals surface area contributed by atoms with Gasteiger partial charge in [-0.05, 0) is 42.2 Å². The van der Waals surface area contributed by atoms with Gasteiger partial charge in [-0.1, -0.05) is 0 Å². The lowest BCUT2D eigenvalue weighted by Crippen LogP contribution is -2.22. The first-order valence-corrected chi connectivity index (χ1v) is 6.56. The van der Waals surface area contributed by atoms with Crippen molar-refractivity contribution in [2.24, 2.45) is 0 Å². The summed E-state index contributed by atoms with van der Waals surface area (Å²) < 4.78 is 0. The Morgan fingerprint density at radius 2 is 2.06 bits per heavy atom. The van der Waals surface area contributed by atoms with Gasteiger partial charge in [-0.25, -0.2) is 0 Å². The Labute approximate surface area is 105 Å². The Hall–Kier alpha value is -1.68. The molecule has 88 valence electrons. The van der Waals surface area contributed by atoms with Crippen molar-refractivity contribution in [1.82, 2.24) is 10.3 Å². The number of benzene rings is 1. The molecule has 1 aromatic carbocycles. The first-order valence-electron chi connectivity index (χ1n) is 5.33. The van der Waals surface area contributed by atoms with Crippen LogP contribution in [0.1, 0.15) is 15.9 Å². The summed E-state index contributed by atoms with van der Waals surface area (Å²) in [6.45, 7) is 0.548. The highest BCUT2D eigenvalue weighted by molar-refractivity contribution is 7.98. The molecule has 2 rings (SSSR count). The standard InChI is InChI=1S/C13H14N2OS/c1-17-12-4-2-11(3-5-12)13(16)15-9-10-6-7-14-8-10/h2-8,14H,9H2,1H3,(H,15,16). The number of amides is 1. The fourth-order valence-corrected chi connectivity index (χ4v) is 1.90. The molecular weight excluding hydrogens is 232 g/mol. The minimum Gasteiger partial charge on any atom is -0.367 e. The summed E-state index contributed by atoms with van der Waals surface area (Å²) in [4.78, 5) is 15.9. The second-order valence-corrected chi connectivity index (χ2v) is 4.51. The number of H-pyrrole nitrogens is 1. The average Bonchev–Trinajstić information content (AvgIpc) is 2.89. The van der Waals surface area contributed by atoms with Crippen molar-refractivity contribution in [3.8, 4) is 0 Å². The number of thioether (sulfide) groups is 1. The number of hydrogen-bond donors (Lipinski definition) is 2. The Morgan fingerprint density at radius 3 is 2.65 bits per heavy atom. The van der Waals surface area contributed by atoms with Crippen molar-refractivity contribution in [2.45, 2.75) is 11.4 Å². The Bertz CT molecular complexity index is 477. The molecule has 0 unspecified atom stereocenters. The van der Waals surface area contributed by atoms with Gasteiger partial charge in [0.05, 0.1) is 0 Å². The molecule has 0 saturated carbocycles. The third kappa shape index (κ3) is 3.14. The number of hydrogen-bond acceptors (Lipinski definition) is 2. The van der Waals surface area contributed by atoms with Gasteiger partial charge in [0, 0.05) is 29.4 Å². The van der Waals surface area contributed by atoms with Gasteiger partial charge in [-0.2, -0.15) is 0 Å².